The molecule has 138 valence electrons. The maximum absolute atomic E-state index is 11.9. The molecule has 0 amide bonds. The van der Waals surface area contributed by atoms with Crippen LogP contribution >= 0.6 is 11.8 Å². The predicted molar refractivity (Wildman–Crippen MR) is 107 cm³/mol. The van der Waals surface area contributed by atoms with Gasteiger partial charge in [-0.3, -0.25) is 10.1 Å². The summed E-state index contributed by atoms with van der Waals surface area (Å²) in [6.45, 7) is 4.50. The average molecular weight is 370 g/mol. The molecule has 0 fully saturated rings. The molecule has 1 aliphatic heterocycles. The van der Waals surface area contributed by atoms with Crippen molar-refractivity contribution in [2.45, 2.75) is 49.6 Å². The third-order valence-electron chi connectivity index (χ3n) is 5.11. The molecule has 3 rings (SSSR count). The summed E-state index contributed by atoms with van der Waals surface area (Å²) in [6, 6.07) is 19.3. The lowest BCUT2D eigenvalue weighted by atomic mass is 9.88. The monoisotopic (exact) mass is 369 g/mol. The van der Waals surface area contributed by atoms with Crippen LogP contribution in [0.3, 0.4) is 0 Å². The van der Waals surface area contributed by atoms with Gasteiger partial charge in [0.25, 0.3) is 0 Å². The van der Waals surface area contributed by atoms with Gasteiger partial charge in [-0.05, 0) is 37.0 Å². The first kappa shape index (κ1) is 19.0. The summed E-state index contributed by atoms with van der Waals surface area (Å²) in [6.07, 6.45) is 2.20. The maximum atomic E-state index is 11.9. The SMILES string of the molecule is CCOC(=O)CC[C@@]1(CC)CSc2ccccc2[C@H](c2ccccc2)N1. The average Bonchev–Trinajstić information content (AvgIpc) is 2.85. The molecule has 0 unspecified atom stereocenters. The zero-order valence-electron chi connectivity index (χ0n) is 15.5. The number of hydrogen-bond acceptors (Lipinski definition) is 4. The van der Waals surface area contributed by atoms with Crippen LogP contribution in [0.25, 0.3) is 0 Å². The highest BCUT2D eigenvalue weighted by molar-refractivity contribution is 7.99. The van der Waals surface area contributed by atoms with Gasteiger partial charge in [-0.15, -0.1) is 11.8 Å². The van der Waals surface area contributed by atoms with E-state index in [-0.39, 0.29) is 17.6 Å². The number of carbonyl (C=O) groups excluding carboxylic acids is 1. The standard InChI is InChI=1S/C22H27NO2S/c1-3-22(15-14-20(24)25-4-2)16-26-19-13-9-8-12-18(19)21(23-22)17-10-6-5-7-11-17/h5-13,21,23H,3-4,14-16H2,1-2H3/t21-,22-/m0/s1. The second kappa shape index (κ2) is 8.74. The molecule has 0 saturated carbocycles. The Kier molecular flexibility index (Phi) is 6.38. The second-order valence-electron chi connectivity index (χ2n) is 6.75. The molecule has 0 saturated heterocycles. The summed E-state index contributed by atoms with van der Waals surface area (Å²) in [7, 11) is 0. The van der Waals surface area contributed by atoms with E-state index in [9.17, 15) is 4.79 Å². The van der Waals surface area contributed by atoms with Gasteiger partial charge in [-0.1, -0.05) is 55.5 Å². The summed E-state index contributed by atoms with van der Waals surface area (Å²) < 4.78 is 5.15. The highest BCUT2D eigenvalue weighted by Crippen LogP contribution is 2.40. The Morgan fingerprint density at radius 1 is 1.15 bits per heavy atom. The van der Waals surface area contributed by atoms with Crippen LogP contribution in [0.2, 0.25) is 0 Å². The van der Waals surface area contributed by atoms with Gasteiger partial charge in [-0.25, -0.2) is 0 Å². The van der Waals surface area contributed by atoms with E-state index < -0.39 is 0 Å². The van der Waals surface area contributed by atoms with E-state index in [1.54, 1.807) is 0 Å². The van der Waals surface area contributed by atoms with E-state index in [2.05, 4.69) is 66.8 Å². The molecule has 2 aromatic rings. The van der Waals surface area contributed by atoms with E-state index in [0.29, 0.717) is 13.0 Å². The minimum Gasteiger partial charge on any atom is -0.466 e. The summed E-state index contributed by atoms with van der Waals surface area (Å²) in [5, 5.41) is 3.92. The molecular weight excluding hydrogens is 342 g/mol. The number of rotatable bonds is 6. The molecule has 2 aromatic carbocycles. The molecule has 0 bridgehead atoms. The number of ether oxygens (including phenoxy) is 1. The first-order valence-electron chi connectivity index (χ1n) is 9.37. The molecule has 26 heavy (non-hydrogen) atoms. The summed E-state index contributed by atoms with van der Waals surface area (Å²) in [4.78, 5) is 13.3. The van der Waals surface area contributed by atoms with Crippen LogP contribution < -0.4 is 5.32 Å². The normalized spacial score (nSPS) is 22.3. The summed E-state index contributed by atoms with van der Waals surface area (Å²) in [5.41, 5.74) is 2.48. The van der Waals surface area contributed by atoms with Gasteiger partial charge in [0, 0.05) is 22.6 Å². The van der Waals surface area contributed by atoms with Crippen molar-refractivity contribution < 1.29 is 9.53 Å². The Hall–Kier alpha value is -1.78. The zero-order chi connectivity index (χ0) is 18.4. The Morgan fingerprint density at radius 2 is 1.88 bits per heavy atom. The highest BCUT2D eigenvalue weighted by Gasteiger charge is 2.36. The Bertz CT molecular complexity index is 734. The first-order valence-corrected chi connectivity index (χ1v) is 10.4. The fraction of sp³-hybridized carbons (Fsp3) is 0.409. The first-order chi connectivity index (χ1) is 12.7. The minimum absolute atomic E-state index is 0.100. The van der Waals surface area contributed by atoms with Crippen molar-refractivity contribution in [3.8, 4) is 0 Å². The number of nitrogens with one attached hydrogen (secondary N) is 1. The fourth-order valence-corrected chi connectivity index (χ4v) is 4.89. The molecule has 1 N–H and O–H groups in total. The van der Waals surface area contributed by atoms with E-state index in [1.165, 1.54) is 16.0 Å². The van der Waals surface area contributed by atoms with Gasteiger partial charge in [0.05, 0.1) is 12.6 Å². The van der Waals surface area contributed by atoms with Crippen LogP contribution in [0.5, 0.6) is 0 Å². The Balaban J connectivity index is 1.91. The van der Waals surface area contributed by atoms with Crippen molar-refractivity contribution in [1.29, 1.82) is 0 Å². The van der Waals surface area contributed by atoms with Crippen molar-refractivity contribution in [2.24, 2.45) is 0 Å². The van der Waals surface area contributed by atoms with Crippen molar-refractivity contribution in [1.82, 2.24) is 5.32 Å². The second-order valence-corrected chi connectivity index (χ2v) is 7.77. The quantitative estimate of drug-likeness (QED) is 0.730. The van der Waals surface area contributed by atoms with Crippen LogP contribution in [0.15, 0.2) is 59.5 Å². The number of fused-ring (bicyclic) bond motifs is 1. The molecule has 1 heterocycles. The summed E-state index contributed by atoms with van der Waals surface area (Å²) in [5.74, 6) is 0.841. The number of benzene rings is 2. The molecule has 3 nitrogen and oxygen atoms in total. The third-order valence-corrected chi connectivity index (χ3v) is 6.49. The molecule has 4 heteroatoms. The number of hydrogen-bond donors (Lipinski definition) is 1. The highest BCUT2D eigenvalue weighted by atomic mass is 32.2. The number of esters is 1. The smallest absolute Gasteiger partial charge is 0.305 e. The maximum Gasteiger partial charge on any atom is 0.305 e. The van der Waals surface area contributed by atoms with Gasteiger partial charge in [-0.2, -0.15) is 0 Å². The lowest BCUT2D eigenvalue weighted by Crippen LogP contribution is -2.48. The van der Waals surface area contributed by atoms with Crippen molar-refractivity contribution in [3.05, 3.63) is 65.7 Å². The third kappa shape index (κ3) is 4.30. The van der Waals surface area contributed by atoms with Gasteiger partial charge in [0.15, 0.2) is 0 Å². The number of carbonyl (C=O) groups is 1. The molecule has 1 aliphatic rings. The Labute approximate surface area is 160 Å². The topological polar surface area (TPSA) is 38.3 Å². The van der Waals surface area contributed by atoms with Gasteiger partial charge in [0.2, 0.25) is 0 Å². The van der Waals surface area contributed by atoms with E-state index in [0.717, 1.165) is 18.6 Å². The molecule has 0 aliphatic carbocycles. The predicted octanol–water partition coefficient (Wildman–Crippen LogP) is 4.96. The minimum atomic E-state index is -0.106. The summed E-state index contributed by atoms with van der Waals surface area (Å²) >= 11 is 1.89. The zero-order valence-corrected chi connectivity index (χ0v) is 16.4. The van der Waals surface area contributed by atoms with Crippen LogP contribution in [0.4, 0.5) is 0 Å². The van der Waals surface area contributed by atoms with Crippen molar-refractivity contribution in [2.75, 3.05) is 12.4 Å². The lowest BCUT2D eigenvalue weighted by Gasteiger charge is -2.36. The van der Waals surface area contributed by atoms with E-state index >= 15 is 0 Å². The molecule has 0 aromatic heterocycles. The molecule has 0 radical (unpaired) electrons. The molecule has 0 spiro atoms. The van der Waals surface area contributed by atoms with Gasteiger partial charge < -0.3 is 4.74 Å². The van der Waals surface area contributed by atoms with Crippen LogP contribution in [0, 0.1) is 0 Å². The molecular formula is C22H27NO2S. The van der Waals surface area contributed by atoms with Crippen LogP contribution in [0.1, 0.15) is 50.3 Å². The van der Waals surface area contributed by atoms with Crippen LogP contribution in [-0.2, 0) is 9.53 Å². The van der Waals surface area contributed by atoms with E-state index in [4.69, 9.17) is 4.74 Å². The van der Waals surface area contributed by atoms with Crippen molar-refractivity contribution >= 4 is 17.7 Å². The van der Waals surface area contributed by atoms with Crippen molar-refractivity contribution in [3.63, 3.8) is 0 Å². The van der Waals surface area contributed by atoms with Gasteiger partial charge >= 0.3 is 5.97 Å². The van der Waals surface area contributed by atoms with E-state index in [1.807, 2.05) is 18.7 Å². The largest absolute Gasteiger partial charge is 0.466 e. The fourth-order valence-electron chi connectivity index (χ4n) is 3.50. The molecule has 2 atom stereocenters. The lowest BCUT2D eigenvalue weighted by molar-refractivity contribution is -0.143. The van der Waals surface area contributed by atoms with Crippen LogP contribution in [-0.4, -0.2) is 23.9 Å². The number of thioether (sulfide) groups is 1. The van der Waals surface area contributed by atoms with Gasteiger partial charge in [0.1, 0.15) is 0 Å². The Morgan fingerprint density at radius 3 is 2.62 bits per heavy atom.